The van der Waals surface area contributed by atoms with Crippen LogP contribution < -0.4 is 5.56 Å². The number of nitrogens with zero attached hydrogens (tertiary/aromatic N) is 3. The van der Waals surface area contributed by atoms with Gasteiger partial charge in [0.05, 0.1) is 11.7 Å². The van der Waals surface area contributed by atoms with Crippen LogP contribution in [0, 0.1) is 5.92 Å². The molecule has 2 fully saturated rings. The van der Waals surface area contributed by atoms with Crippen LogP contribution in [-0.2, 0) is 11.3 Å². The van der Waals surface area contributed by atoms with Gasteiger partial charge in [-0.2, -0.15) is 0 Å². The zero-order valence-electron chi connectivity index (χ0n) is 13.1. The molecule has 3 heterocycles. The SMILES string of the molecule is O=C(Cn1cnc2sccc2c1=O)N1CCCC2CCCCC21. The molecule has 2 atom stereocenters. The van der Waals surface area contributed by atoms with Crippen molar-refractivity contribution < 1.29 is 4.79 Å². The Labute approximate surface area is 138 Å². The number of thiophene rings is 1. The molecule has 4 rings (SSSR count). The average molecular weight is 331 g/mol. The Morgan fingerprint density at radius 3 is 3.00 bits per heavy atom. The third kappa shape index (κ3) is 2.69. The normalized spacial score (nSPS) is 24.6. The van der Waals surface area contributed by atoms with E-state index in [4.69, 9.17) is 0 Å². The van der Waals surface area contributed by atoms with Gasteiger partial charge in [0.15, 0.2) is 0 Å². The summed E-state index contributed by atoms with van der Waals surface area (Å²) in [5, 5.41) is 2.47. The molecule has 0 bridgehead atoms. The van der Waals surface area contributed by atoms with E-state index in [1.54, 1.807) is 6.07 Å². The maximum Gasteiger partial charge on any atom is 0.262 e. The first kappa shape index (κ1) is 14.9. The van der Waals surface area contributed by atoms with Gasteiger partial charge in [-0.1, -0.05) is 12.8 Å². The van der Waals surface area contributed by atoms with Gasteiger partial charge in [-0.25, -0.2) is 4.98 Å². The monoisotopic (exact) mass is 331 g/mol. The molecule has 2 aliphatic rings. The zero-order valence-corrected chi connectivity index (χ0v) is 13.9. The van der Waals surface area contributed by atoms with Gasteiger partial charge in [-0.15, -0.1) is 11.3 Å². The van der Waals surface area contributed by atoms with Crippen LogP contribution in [-0.4, -0.2) is 32.9 Å². The second-order valence-corrected chi connectivity index (χ2v) is 7.55. The maximum atomic E-state index is 12.8. The second kappa shape index (κ2) is 6.07. The maximum absolute atomic E-state index is 12.8. The molecule has 1 amide bonds. The number of fused-ring (bicyclic) bond motifs is 2. The van der Waals surface area contributed by atoms with E-state index in [0.29, 0.717) is 17.3 Å². The quantitative estimate of drug-likeness (QED) is 0.850. The summed E-state index contributed by atoms with van der Waals surface area (Å²) < 4.78 is 1.46. The van der Waals surface area contributed by atoms with Gasteiger partial charge in [0.2, 0.25) is 5.91 Å². The highest BCUT2D eigenvalue weighted by molar-refractivity contribution is 7.16. The van der Waals surface area contributed by atoms with Crippen LogP contribution in [0.25, 0.3) is 10.2 Å². The van der Waals surface area contributed by atoms with Crippen LogP contribution in [0.15, 0.2) is 22.6 Å². The summed E-state index contributed by atoms with van der Waals surface area (Å²) in [6.07, 6.45) is 8.72. The van der Waals surface area contributed by atoms with Crippen molar-refractivity contribution >= 4 is 27.5 Å². The van der Waals surface area contributed by atoms with Crippen molar-refractivity contribution in [2.24, 2.45) is 5.92 Å². The Morgan fingerprint density at radius 2 is 2.09 bits per heavy atom. The van der Waals surface area contributed by atoms with Crippen LogP contribution in [0.1, 0.15) is 38.5 Å². The van der Waals surface area contributed by atoms with E-state index in [0.717, 1.165) is 24.2 Å². The summed E-state index contributed by atoms with van der Waals surface area (Å²) in [6, 6.07) is 2.17. The predicted molar refractivity (Wildman–Crippen MR) is 90.6 cm³/mol. The molecule has 2 aromatic rings. The number of carbonyl (C=O) groups excluding carboxylic acids is 1. The van der Waals surface area contributed by atoms with E-state index in [2.05, 4.69) is 4.98 Å². The third-order valence-electron chi connectivity index (χ3n) is 5.32. The molecule has 1 saturated heterocycles. The Kier molecular flexibility index (Phi) is 3.93. The number of hydrogen-bond acceptors (Lipinski definition) is 4. The van der Waals surface area contributed by atoms with E-state index in [1.807, 2.05) is 10.3 Å². The lowest BCUT2D eigenvalue weighted by Crippen LogP contribution is -2.51. The lowest BCUT2D eigenvalue weighted by atomic mass is 9.78. The number of rotatable bonds is 2. The Bertz CT molecular complexity index is 779. The Morgan fingerprint density at radius 1 is 1.26 bits per heavy atom. The van der Waals surface area contributed by atoms with Gasteiger partial charge >= 0.3 is 0 Å². The molecule has 0 radical (unpaired) electrons. The fourth-order valence-electron chi connectivity index (χ4n) is 4.18. The first-order valence-corrected chi connectivity index (χ1v) is 9.34. The van der Waals surface area contributed by atoms with Crippen LogP contribution >= 0.6 is 11.3 Å². The standard InChI is InChI=1S/C17H21N3O2S/c21-15(20-8-3-5-12-4-1-2-6-14(12)20)10-19-11-18-16-13(17(19)22)7-9-23-16/h7,9,11-12,14H,1-6,8,10H2. The first-order valence-electron chi connectivity index (χ1n) is 8.46. The molecule has 0 N–H and O–H groups in total. The summed E-state index contributed by atoms with van der Waals surface area (Å²) >= 11 is 1.45. The molecule has 2 unspecified atom stereocenters. The number of likely N-dealkylation sites (tertiary alicyclic amines) is 1. The molecule has 0 aromatic carbocycles. The lowest BCUT2D eigenvalue weighted by Gasteiger charge is -2.44. The number of amides is 1. The van der Waals surface area contributed by atoms with E-state index in [9.17, 15) is 9.59 Å². The molecule has 1 saturated carbocycles. The molecule has 6 heteroatoms. The molecule has 1 aliphatic carbocycles. The predicted octanol–water partition coefficient (Wildman–Crippen LogP) is 2.64. The highest BCUT2D eigenvalue weighted by Gasteiger charge is 2.35. The first-order chi connectivity index (χ1) is 11.2. The van der Waals surface area contributed by atoms with E-state index in [1.165, 1.54) is 47.9 Å². The zero-order chi connectivity index (χ0) is 15.8. The van der Waals surface area contributed by atoms with Crippen LogP contribution in [0.2, 0.25) is 0 Å². The van der Waals surface area contributed by atoms with Gasteiger partial charge in [-0.3, -0.25) is 14.2 Å². The van der Waals surface area contributed by atoms with E-state index >= 15 is 0 Å². The summed E-state index contributed by atoms with van der Waals surface area (Å²) in [5.74, 6) is 0.732. The minimum Gasteiger partial charge on any atom is -0.338 e. The molecule has 2 aromatic heterocycles. The molecule has 1 aliphatic heterocycles. The van der Waals surface area contributed by atoms with Crippen molar-refractivity contribution in [2.45, 2.75) is 51.1 Å². The number of hydrogen-bond donors (Lipinski definition) is 0. The van der Waals surface area contributed by atoms with Crippen LogP contribution in [0.4, 0.5) is 0 Å². The van der Waals surface area contributed by atoms with Gasteiger partial charge in [0.1, 0.15) is 11.4 Å². The van der Waals surface area contributed by atoms with Crippen molar-refractivity contribution in [1.29, 1.82) is 0 Å². The van der Waals surface area contributed by atoms with Crippen molar-refractivity contribution in [3.05, 3.63) is 28.1 Å². The van der Waals surface area contributed by atoms with Crippen molar-refractivity contribution in [3.8, 4) is 0 Å². The largest absolute Gasteiger partial charge is 0.338 e. The summed E-state index contributed by atoms with van der Waals surface area (Å²) in [5.41, 5.74) is -0.109. The number of piperidine rings is 1. The van der Waals surface area contributed by atoms with E-state index < -0.39 is 0 Å². The Hall–Kier alpha value is -1.69. The molecular weight excluding hydrogens is 310 g/mol. The summed E-state index contributed by atoms with van der Waals surface area (Å²) in [4.78, 5) is 32.3. The van der Waals surface area contributed by atoms with Crippen molar-refractivity contribution in [1.82, 2.24) is 14.5 Å². The molecule has 5 nitrogen and oxygen atoms in total. The molecular formula is C17H21N3O2S. The van der Waals surface area contributed by atoms with Gasteiger partial charge < -0.3 is 4.90 Å². The smallest absolute Gasteiger partial charge is 0.262 e. The van der Waals surface area contributed by atoms with E-state index in [-0.39, 0.29) is 18.0 Å². The summed E-state index contributed by atoms with van der Waals surface area (Å²) in [6.45, 7) is 0.948. The molecule has 23 heavy (non-hydrogen) atoms. The van der Waals surface area contributed by atoms with Gasteiger partial charge in [0.25, 0.3) is 5.56 Å². The highest BCUT2D eigenvalue weighted by Crippen LogP contribution is 2.35. The molecule has 122 valence electrons. The van der Waals surface area contributed by atoms with Gasteiger partial charge in [0, 0.05) is 12.6 Å². The van der Waals surface area contributed by atoms with Crippen LogP contribution in [0.5, 0.6) is 0 Å². The lowest BCUT2D eigenvalue weighted by molar-refractivity contribution is -0.138. The second-order valence-electron chi connectivity index (χ2n) is 6.66. The van der Waals surface area contributed by atoms with Gasteiger partial charge in [-0.05, 0) is 43.0 Å². The summed E-state index contributed by atoms with van der Waals surface area (Å²) in [7, 11) is 0. The Balaban J connectivity index is 1.56. The highest BCUT2D eigenvalue weighted by atomic mass is 32.1. The molecule has 0 spiro atoms. The fraction of sp³-hybridized carbons (Fsp3) is 0.588. The number of carbonyl (C=O) groups is 1. The fourth-order valence-corrected chi connectivity index (χ4v) is 4.90. The minimum atomic E-state index is -0.109. The van der Waals surface area contributed by atoms with Crippen molar-refractivity contribution in [3.63, 3.8) is 0 Å². The van der Waals surface area contributed by atoms with Crippen LogP contribution in [0.3, 0.4) is 0 Å². The topological polar surface area (TPSA) is 55.2 Å². The average Bonchev–Trinajstić information content (AvgIpc) is 3.06. The third-order valence-corrected chi connectivity index (χ3v) is 6.14. The van der Waals surface area contributed by atoms with Crippen molar-refractivity contribution in [2.75, 3.05) is 6.54 Å². The number of aromatic nitrogens is 2. The minimum absolute atomic E-state index is 0.0695.